The summed E-state index contributed by atoms with van der Waals surface area (Å²) in [5, 5.41) is 53.1. The molecule has 3 aromatic carbocycles. The number of carbonyl (C=O) groups is 8. The molecule has 0 saturated carbocycles. The van der Waals surface area contributed by atoms with Gasteiger partial charge in [0.1, 0.15) is 41.7 Å². The first-order valence-electron chi connectivity index (χ1n) is 22.8. The fourth-order valence-corrected chi connectivity index (χ4v) is 6.91. The molecule has 1 unspecified atom stereocenters. The Kier molecular flexibility index (Phi) is 22.7. The van der Waals surface area contributed by atoms with Gasteiger partial charge in [-0.2, -0.15) is 0 Å². The van der Waals surface area contributed by atoms with Crippen molar-refractivity contribution in [1.82, 2.24) is 31.5 Å². The van der Waals surface area contributed by atoms with Gasteiger partial charge in [0.25, 0.3) is 11.8 Å². The van der Waals surface area contributed by atoms with Crippen molar-refractivity contribution in [3.05, 3.63) is 119 Å². The topological polar surface area (TPSA) is 307 Å². The highest BCUT2D eigenvalue weighted by Crippen LogP contribution is 2.18. The van der Waals surface area contributed by atoms with E-state index in [2.05, 4.69) is 33.5 Å². The van der Waals surface area contributed by atoms with Crippen molar-refractivity contribution < 1.29 is 58.8 Å². The second-order valence-electron chi connectivity index (χ2n) is 17.1. The summed E-state index contributed by atoms with van der Waals surface area (Å²) in [6.45, 7) is 8.03. The lowest BCUT2D eigenvalue weighted by molar-refractivity contribution is -0.144. The van der Waals surface area contributed by atoms with Gasteiger partial charge in [0.05, 0.1) is 18.6 Å². The van der Waals surface area contributed by atoms with Crippen LogP contribution in [-0.2, 0) is 44.8 Å². The molecular formula is C51H65N7O12. The third-order valence-corrected chi connectivity index (χ3v) is 10.7. The lowest BCUT2D eigenvalue weighted by Crippen LogP contribution is -2.61. The molecule has 7 atom stereocenters. The van der Waals surface area contributed by atoms with Crippen LogP contribution in [0.3, 0.4) is 0 Å². The molecule has 0 spiro atoms. The van der Waals surface area contributed by atoms with Gasteiger partial charge in [0.2, 0.25) is 29.5 Å². The SMILES string of the molecule is CCC/C=C\c1ccccc1/C=C/C(=O)N[C@H](C(=O)N(C)/C(=C/c1ccc(O)cc1)C(=O)N[C@@H](CC(C)C)C(=O)N[C@H](Cc1ccccc1)C(=O)N[C@@H](C(=O)N[C@@H](CC(N)=O)C(=O)O)C(C)O)[C@H](C)O. The third-order valence-electron chi connectivity index (χ3n) is 10.7. The second kappa shape index (κ2) is 28.0. The highest BCUT2D eigenvalue weighted by atomic mass is 16.4. The Labute approximate surface area is 407 Å². The number of carbonyl (C=O) groups excluding carboxylic acids is 7. The van der Waals surface area contributed by atoms with E-state index >= 15 is 0 Å². The number of nitrogens with zero attached hydrogens (tertiary/aromatic N) is 1. The number of nitrogens with one attached hydrogen (secondary N) is 5. The second-order valence-corrected chi connectivity index (χ2v) is 17.1. The first-order valence-corrected chi connectivity index (χ1v) is 22.8. The number of aliphatic hydroxyl groups excluding tert-OH is 2. The molecular weight excluding hydrogens is 903 g/mol. The zero-order valence-electron chi connectivity index (χ0n) is 40.1. The maximum Gasteiger partial charge on any atom is 0.326 e. The molecule has 0 aliphatic heterocycles. The van der Waals surface area contributed by atoms with Crippen LogP contribution in [0.4, 0.5) is 0 Å². The van der Waals surface area contributed by atoms with Crippen molar-refractivity contribution in [1.29, 1.82) is 0 Å². The number of carboxylic acids is 1. The lowest BCUT2D eigenvalue weighted by atomic mass is 10.00. The van der Waals surface area contributed by atoms with Crippen molar-refractivity contribution in [3.63, 3.8) is 0 Å². The number of allylic oxidation sites excluding steroid dienone is 1. The summed E-state index contributed by atoms with van der Waals surface area (Å²) < 4.78 is 0. The molecule has 3 aromatic rings. The van der Waals surface area contributed by atoms with Gasteiger partial charge in [-0.05, 0) is 79.1 Å². The summed E-state index contributed by atoms with van der Waals surface area (Å²) >= 11 is 0. The minimum absolute atomic E-state index is 0.00718. The minimum Gasteiger partial charge on any atom is -0.508 e. The zero-order valence-corrected chi connectivity index (χ0v) is 40.1. The predicted molar refractivity (Wildman–Crippen MR) is 262 cm³/mol. The van der Waals surface area contributed by atoms with E-state index in [0.29, 0.717) is 11.1 Å². The molecule has 0 saturated heterocycles. The van der Waals surface area contributed by atoms with Crippen LogP contribution in [0.5, 0.6) is 5.75 Å². The quantitative estimate of drug-likeness (QED) is 0.0518. The first-order chi connectivity index (χ1) is 33.1. The molecule has 19 heteroatoms. The van der Waals surface area contributed by atoms with Crippen molar-refractivity contribution in [2.24, 2.45) is 11.7 Å². The number of hydrogen-bond donors (Lipinski definition) is 10. The van der Waals surface area contributed by atoms with Crippen LogP contribution in [0.15, 0.2) is 96.7 Å². The molecule has 376 valence electrons. The molecule has 0 aromatic heterocycles. The summed E-state index contributed by atoms with van der Waals surface area (Å²) in [5.74, 6) is -8.60. The van der Waals surface area contributed by atoms with E-state index in [-0.39, 0.29) is 30.2 Å². The molecule has 0 fully saturated rings. The van der Waals surface area contributed by atoms with Gasteiger partial charge in [-0.15, -0.1) is 0 Å². The average molecular weight is 968 g/mol. The summed E-state index contributed by atoms with van der Waals surface area (Å²) in [6.07, 6.45) is 5.84. The van der Waals surface area contributed by atoms with E-state index in [1.54, 1.807) is 50.3 Å². The van der Waals surface area contributed by atoms with Gasteiger partial charge in [-0.1, -0.05) is 106 Å². The molecule has 0 heterocycles. The van der Waals surface area contributed by atoms with Gasteiger partial charge >= 0.3 is 5.97 Å². The number of carboxylic acid groups (broad SMARTS) is 1. The van der Waals surface area contributed by atoms with Crippen molar-refractivity contribution in [2.75, 3.05) is 7.05 Å². The lowest BCUT2D eigenvalue weighted by Gasteiger charge is -2.29. The number of nitrogens with two attached hydrogens (primary N) is 1. The van der Waals surface area contributed by atoms with Crippen LogP contribution < -0.4 is 32.3 Å². The molecule has 7 amide bonds. The number of phenols is 1. The van der Waals surface area contributed by atoms with Crippen LogP contribution in [0.1, 0.15) is 82.6 Å². The number of amides is 7. The van der Waals surface area contributed by atoms with E-state index in [4.69, 9.17) is 5.73 Å². The first kappa shape index (κ1) is 56.7. The highest BCUT2D eigenvalue weighted by Gasteiger charge is 2.36. The third kappa shape index (κ3) is 18.5. The van der Waals surface area contributed by atoms with E-state index in [0.717, 1.165) is 35.8 Å². The fourth-order valence-electron chi connectivity index (χ4n) is 6.91. The van der Waals surface area contributed by atoms with Gasteiger partial charge < -0.3 is 57.6 Å². The van der Waals surface area contributed by atoms with Crippen molar-refractivity contribution >= 4 is 65.5 Å². The Morgan fingerprint density at radius 2 is 1.26 bits per heavy atom. The number of rotatable bonds is 26. The maximum absolute atomic E-state index is 14.5. The number of unbranched alkanes of at least 4 members (excludes halogenated alkanes) is 1. The summed E-state index contributed by atoms with van der Waals surface area (Å²) in [7, 11) is 1.24. The Hall–Kier alpha value is -7.64. The predicted octanol–water partition coefficient (Wildman–Crippen LogP) is 2.15. The number of aliphatic carboxylic acids is 1. The Bertz CT molecular complexity index is 2380. The molecule has 11 N–H and O–H groups in total. The number of aromatic hydroxyl groups is 1. The summed E-state index contributed by atoms with van der Waals surface area (Å²) in [4.78, 5) is 108. The monoisotopic (exact) mass is 967 g/mol. The maximum atomic E-state index is 14.5. The van der Waals surface area contributed by atoms with Gasteiger partial charge in [-0.25, -0.2) is 4.79 Å². The van der Waals surface area contributed by atoms with Crippen molar-refractivity contribution in [3.8, 4) is 5.75 Å². The molecule has 0 aliphatic rings. The van der Waals surface area contributed by atoms with Crippen LogP contribution in [0.25, 0.3) is 18.2 Å². The van der Waals surface area contributed by atoms with Crippen LogP contribution in [0.2, 0.25) is 0 Å². The standard InChI is InChI=1S/C51H65N7O12/c1-7-8-10-17-35-18-13-14-19-36(35)22-25-43(63)56-45(32(5)60)50(68)58(6)41(28-34-20-23-37(61)24-21-34)48(66)54-38(26-30(2)3)46(64)53-39(27-33-15-11-9-12-16-33)47(65)57-44(31(4)59)49(67)55-40(51(69)70)29-42(52)62/h9-25,28,30-32,38-40,44-45,59-61H,7-8,26-27,29H2,1-6H3,(H2,52,62)(H,53,64)(H,54,66)(H,55,67)(H,56,63)(H,57,65)(H,69,70)/b17-10-,25-22+,41-28+/t31?,32-,38-,39+,40-,44+,45-/m0/s1. The molecule has 0 aliphatic carbocycles. The van der Waals surface area contributed by atoms with Gasteiger partial charge in [-0.3, -0.25) is 33.6 Å². The van der Waals surface area contributed by atoms with Crippen LogP contribution in [-0.4, -0.2) is 122 Å². The molecule has 0 bridgehead atoms. The minimum atomic E-state index is -1.78. The number of hydrogen-bond acceptors (Lipinski definition) is 11. The number of aliphatic hydroxyl groups is 2. The van der Waals surface area contributed by atoms with Crippen LogP contribution in [0, 0.1) is 5.92 Å². The number of likely N-dealkylation sites (N-methyl/N-ethyl adjacent to an activating group) is 1. The zero-order chi connectivity index (χ0) is 52.1. The number of phenolic OH excluding ortho intramolecular Hbond substituents is 1. The summed E-state index contributed by atoms with van der Waals surface area (Å²) in [5.41, 5.74) is 7.26. The Morgan fingerprint density at radius 1 is 0.686 bits per heavy atom. The highest BCUT2D eigenvalue weighted by molar-refractivity contribution is 6.05. The smallest absolute Gasteiger partial charge is 0.326 e. The number of benzene rings is 3. The van der Waals surface area contributed by atoms with E-state index < -0.39 is 96.2 Å². The largest absolute Gasteiger partial charge is 0.508 e. The normalized spacial score (nSPS) is 14.6. The van der Waals surface area contributed by atoms with E-state index in [1.165, 1.54) is 50.4 Å². The molecule has 3 rings (SSSR count). The van der Waals surface area contributed by atoms with Crippen LogP contribution >= 0.6 is 0 Å². The van der Waals surface area contributed by atoms with Crippen molar-refractivity contribution in [2.45, 2.75) is 109 Å². The number of primary amides is 1. The Morgan fingerprint density at radius 3 is 1.81 bits per heavy atom. The Balaban J connectivity index is 1.97. The molecule has 0 radical (unpaired) electrons. The van der Waals surface area contributed by atoms with Gasteiger partial charge in [0.15, 0.2) is 0 Å². The van der Waals surface area contributed by atoms with Gasteiger partial charge in [0, 0.05) is 19.5 Å². The summed E-state index contributed by atoms with van der Waals surface area (Å²) in [6, 6.07) is 13.4. The fraction of sp³-hybridized carbons (Fsp3) is 0.373. The van der Waals surface area contributed by atoms with E-state index in [9.17, 15) is 58.8 Å². The molecule has 70 heavy (non-hydrogen) atoms. The molecule has 19 nitrogen and oxygen atoms in total. The average Bonchev–Trinajstić information content (AvgIpc) is 3.30. The van der Waals surface area contributed by atoms with E-state index in [1.807, 2.05) is 36.4 Å².